The minimum atomic E-state index is 0.130. The highest BCUT2D eigenvalue weighted by atomic mass is 32.1. The monoisotopic (exact) mass is 326 g/mol. The van der Waals surface area contributed by atoms with Gasteiger partial charge in [0.05, 0.1) is 9.88 Å². The number of rotatable bonds is 2. The number of benzene rings is 1. The fourth-order valence-corrected chi connectivity index (χ4v) is 5.18. The summed E-state index contributed by atoms with van der Waals surface area (Å²) in [6, 6.07) is 9.14. The quantitative estimate of drug-likeness (QED) is 0.817. The Morgan fingerprint density at radius 3 is 2.83 bits per heavy atom. The van der Waals surface area contributed by atoms with Crippen molar-refractivity contribution in [1.29, 1.82) is 0 Å². The summed E-state index contributed by atoms with van der Waals surface area (Å²) in [7, 11) is 0. The molecule has 2 aromatic rings. The van der Waals surface area contributed by atoms with Gasteiger partial charge in [-0.1, -0.05) is 29.8 Å². The van der Waals surface area contributed by atoms with Crippen LogP contribution in [-0.4, -0.2) is 27.9 Å². The van der Waals surface area contributed by atoms with Gasteiger partial charge >= 0.3 is 0 Å². The predicted octanol–water partition coefficient (Wildman–Crippen LogP) is 4.44. The van der Waals surface area contributed by atoms with Crippen LogP contribution in [0, 0.1) is 19.8 Å². The number of hydrogen-bond donors (Lipinski definition) is 0. The smallest absolute Gasteiger partial charge is 0.274 e. The number of piperidine rings is 1. The number of carbonyl (C=O) groups is 1. The van der Waals surface area contributed by atoms with Crippen LogP contribution in [0.3, 0.4) is 0 Å². The minimum absolute atomic E-state index is 0.130. The Hall–Kier alpha value is -1.68. The zero-order valence-electron chi connectivity index (χ0n) is 13.9. The molecular weight excluding hydrogens is 304 g/mol. The molecule has 2 aliphatic rings. The summed E-state index contributed by atoms with van der Waals surface area (Å²) in [6.45, 7) is 6.27. The maximum Gasteiger partial charge on any atom is 0.274 e. The van der Waals surface area contributed by atoms with Gasteiger partial charge in [-0.05, 0) is 51.5 Å². The van der Waals surface area contributed by atoms with Gasteiger partial charge in [0.25, 0.3) is 5.91 Å². The fraction of sp³-hybridized carbons (Fsp3) is 0.474. The highest BCUT2D eigenvalue weighted by molar-refractivity contribution is 7.15. The lowest BCUT2D eigenvalue weighted by molar-refractivity contribution is 0.0610. The number of amides is 1. The van der Waals surface area contributed by atoms with E-state index in [9.17, 15) is 4.79 Å². The van der Waals surface area contributed by atoms with Crippen LogP contribution in [0.4, 0.5) is 0 Å². The molecule has 2 fully saturated rings. The van der Waals surface area contributed by atoms with E-state index >= 15 is 0 Å². The lowest BCUT2D eigenvalue weighted by atomic mass is 10.00. The van der Waals surface area contributed by atoms with Crippen molar-refractivity contribution in [2.24, 2.45) is 5.92 Å². The van der Waals surface area contributed by atoms with E-state index in [1.807, 2.05) is 6.92 Å². The Morgan fingerprint density at radius 2 is 2.13 bits per heavy atom. The lowest BCUT2D eigenvalue weighted by Crippen LogP contribution is -2.43. The Kier molecular flexibility index (Phi) is 3.52. The molecule has 2 heterocycles. The number of fused-ring (bicyclic) bond motifs is 2. The van der Waals surface area contributed by atoms with E-state index in [0.717, 1.165) is 21.9 Å². The van der Waals surface area contributed by atoms with Gasteiger partial charge < -0.3 is 4.90 Å². The highest BCUT2D eigenvalue weighted by Gasteiger charge is 2.46. The SMILES string of the molecule is Cc1cccc(-c2sc(C)nc2C(=O)N2[C@@H]3CC[C@@H](C3)[C@@H]2C)c1. The summed E-state index contributed by atoms with van der Waals surface area (Å²) in [4.78, 5) is 20.9. The van der Waals surface area contributed by atoms with Crippen LogP contribution in [0.15, 0.2) is 24.3 Å². The van der Waals surface area contributed by atoms with Crippen molar-refractivity contribution in [2.45, 2.75) is 52.1 Å². The van der Waals surface area contributed by atoms with E-state index in [1.54, 1.807) is 11.3 Å². The van der Waals surface area contributed by atoms with Gasteiger partial charge in [0.1, 0.15) is 5.69 Å². The van der Waals surface area contributed by atoms with Gasteiger partial charge in [0, 0.05) is 12.1 Å². The molecule has 1 aromatic carbocycles. The zero-order valence-corrected chi connectivity index (χ0v) is 14.7. The van der Waals surface area contributed by atoms with Crippen molar-refractivity contribution in [3.63, 3.8) is 0 Å². The van der Waals surface area contributed by atoms with Crippen LogP contribution < -0.4 is 0 Å². The second-order valence-electron chi connectivity index (χ2n) is 6.96. The van der Waals surface area contributed by atoms with E-state index in [2.05, 4.69) is 48.0 Å². The third kappa shape index (κ3) is 2.40. The standard InChI is InChI=1S/C19H22N2OS/c1-11-5-4-6-15(9-11)18-17(20-13(3)23-18)19(22)21-12(2)14-7-8-16(21)10-14/h4-6,9,12,14,16H,7-8,10H2,1-3H3/t12-,14-,16+/m0/s1. The van der Waals surface area contributed by atoms with Crippen molar-refractivity contribution in [2.75, 3.05) is 0 Å². The fourth-order valence-electron chi connectivity index (χ4n) is 4.27. The molecule has 3 nitrogen and oxygen atoms in total. The maximum atomic E-state index is 13.2. The van der Waals surface area contributed by atoms with Gasteiger partial charge in [-0.25, -0.2) is 4.98 Å². The third-order valence-electron chi connectivity index (χ3n) is 5.41. The van der Waals surface area contributed by atoms with E-state index < -0.39 is 0 Å². The molecule has 1 aliphatic heterocycles. The second-order valence-corrected chi connectivity index (χ2v) is 8.16. The first kappa shape index (κ1) is 14.9. The number of nitrogens with zero attached hydrogens (tertiary/aromatic N) is 2. The molecule has 3 atom stereocenters. The number of hydrogen-bond acceptors (Lipinski definition) is 3. The summed E-state index contributed by atoms with van der Waals surface area (Å²) < 4.78 is 0. The second kappa shape index (κ2) is 5.45. The van der Waals surface area contributed by atoms with Gasteiger partial charge in [-0.3, -0.25) is 4.79 Å². The zero-order chi connectivity index (χ0) is 16.1. The third-order valence-corrected chi connectivity index (χ3v) is 6.43. The van der Waals surface area contributed by atoms with Crippen LogP contribution >= 0.6 is 11.3 Å². The largest absolute Gasteiger partial charge is 0.331 e. The highest BCUT2D eigenvalue weighted by Crippen LogP contribution is 2.43. The van der Waals surface area contributed by atoms with Gasteiger partial charge in [0.2, 0.25) is 0 Å². The van der Waals surface area contributed by atoms with Crippen molar-refractivity contribution < 1.29 is 4.79 Å². The van der Waals surface area contributed by atoms with Gasteiger partial charge in [0.15, 0.2) is 0 Å². The molecule has 1 amide bonds. The van der Waals surface area contributed by atoms with E-state index in [1.165, 1.54) is 18.4 Å². The average molecular weight is 326 g/mol. The van der Waals surface area contributed by atoms with Crippen LogP contribution in [0.25, 0.3) is 10.4 Å². The Morgan fingerprint density at radius 1 is 1.30 bits per heavy atom. The van der Waals surface area contributed by atoms with Crippen molar-refractivity contribution in [3.05, 3.63) is 40.5 Å². The Labute approximate surface area is 141 Å². The van der Waals surface area contributed by atoms with Crippen molar-refractivity contribution >= 4 is 17.2 Å². The molecule has 4 heteroatoms. The first-order chi connectivity index (χ1) is 11.0. The summed E-state index contributed by atoms with van der Waals surface area (Å²) in [5.41, 5.74) is 2.97. The van der Waals surface area contributed by atoms with E-state index in [4.69, 9.17) is 0 Å². The molecule has 0 unspecified atom stereocenters. The maximum absolute atomic E-state index is 13.2. The molecule has 1 saturated carbocycles. The molecule has 23 heavy (non-hydrogen) atoms. The minimum Gasteiger partial charge on any atom is -0.331 e. The van der Waals surface area contributed by atoms with Gasteiger partial charge in [-0.2, -0.15) is 0 Å². The first-order valence-electron chi connectivity index (χ1n) is 8.41. The van der Waals surface area contributed by atoms with Gasteiger partial charge in [-0.15, -0.1) is 11.3 Å². The number of aryl methyl sites for hydroxylation is 2. The van der Waals surface area contributed by atoms with Crippen LogP contribution in [0.5, 0.6) is 0 Å². The van der Waals surface area contributed by atoms with Crippen molar-refractivity contribution in [3.8, 4) is 10.4 Å². The average Bonchev–Trinajstić information content (AvgIpc) is 3.20. The molecule has 4 rings (SSSR count). The molecule has 0 radical (unpaired) electrons. The van der Waals surface area contributed by atoms with Crippen LogP contribution in [0.1, 0.15) is 47.2 Å². The summed E-state index contributed by atoms with van der Waals surface area (Å²) in [5, 5.41) is 0.960. The van der Waals surface area contributed by atoms with E-state index in [0.29, 0.717) is 23.7 Å². The summed E-state index contributed by atoms with van der Waals surface area (Å²) in [5.74, 6) is 0.816. The summed E-state index contributed by atoms with van der Waals surface area (Å²) in [6.07, 6.45) is 3.61. The number of carbonyl (C=O) groups excluding carboxylic acids is 1. The number of aromatic nitrogens is 1. The molecule has 1 aromatic heterocycles. The number of thiazole rings is 1. The molecule has 2 bridgehead atoms. The topological polar surface area (TPSA) is 33.2 Å². The normalized spacial score (nSPS) is 26.0. The molecule has 0 N–H and O–H groups in total. The molecule has 0 spiro atoms. The predicted molar refractivity (Wildman–Crippen MR) is 93.8 cm³/mol. The molecular formula is C19H22N2OS. The molecule has 1 aliphatic carbocycles. The molecule has 120 valence electrons. The Balaban J connectivity index is 1.74. The van der Waals surface area contributed by atoms with Crippen molar-refractivity contribution in [1.82, 2.24) is 9.88 Å². The summed E-state index contributed by atoms with van der Waals surface area (Å²) >= 11 is 1.63. The van der Waals surface area contributed by atoms with E-state index in [-0.39, 0.29) is 5.91 Å². The Bertz CT molecular complexity index is 764. The first-order valence-corrected chi connectivity index (χ1v) is 9.23. The molecule has 1 saturated heterocycles. The van der Waals surface area contributed by atoms with Crippen LogP contribution in [-0.2, 0) is 0 Å². The lowest BCUT2D eigenvalue weighted by Gasteiger charge is -2.32. The number of likely N-dealkylation sites (tertiary alicyclic amines) is 1. The van der Waals surface area contributed by atoms with Crippen LogP contribution in [0.2, 0.25) is 0 Å².